The number of aliphatic hydroxyl groups is 1. The molecule has 2 N–H and O–H groups in total. The first-order valence-corrected chi connectivity index (χ1v) is 10.6. The minimum Gasteiger partial charge on any atom is -0.363 e. The molecule has 2 aromatic carbocycles. The van der Waals surface area contributed by atoms with Crippen molar-refractivity contribution in [1.29, 1.82) is 0 Å². The van der Waals surface area contributed by atoms with E-state index in [-0.39, 0.29) is 17.9 Å². The highest BCUT2D eigenvalue weighted by atomic mass is 16.3. The second-order valence-electron chi connectivity index (χ2n) is 9.35. The highest BCUT2D eigenvalue weighted by Gasteiger charge is 2.74. The van der Waals surface area contributed by atoms with E-state index in [0.717, 1.165) is 5.56 Å². The predicted octanol–water partition coefficient (Wildman–Crippen LogP) is 3.02. The average molecular weight is 431 g/mol. The van der Waals surface area contributed by atoms with Gasteiger partial charge in [0.25, 0.3) is 11.8 Å². The van der Waals surface area contributed by atoms with Gasteiger partial charge in [0.05, 0.1) is 16.7 Å². The van der Waals surface area contributed by atoms with Crippen LogP contribution in [-0.2, 0) is 15.0 Å². The van der Waals surface area contributed by atoms with Crippen LogP contribution in [0.15, 0.2) is 61.2 Å². The third kappa shape index (κ3) is 2.21. The normalized spacial score (nSPS) is 28.3. The van der Waals surface area contributed by atoms with E-state index in [4.69, 9.17) is 0 Å². The Bertz CT molecular complexity index is 1210. The highest BCUT2D eigenvalue weighted by molar-refractivity contribution is 6.12. The monoisotopic (exact) mass is 431 g/mol. The zero-order valence-electron chi connectivity index (χ0n) is 18.3. The first-order chi connectivity index (χ1) is 15.1. The van der Waals surface area contributed by atoms with Gasteiger partial charge in [-0.25, -0.2) is 0 Å². The number of amides is 3. The van der Waals surface area contributed by atoms with Gasteiger partial charge in [-0.2, -0.15) is 0 Å². The van der Waals surface area contributed by atoms with Crippen molar-refractivity contribution in [3.8, 4) is 0 Å². The summed E-state index contributed by atoms with van der Waals surface area (Å²) in [4.78, 5) is 43.1. The summed E-state index contributed by atoms with van der Waals surface area (Å²) in [5, 5.41) is 14.6. The van der Waals surface area contributed by atoms with E-state index >= 15 is 0 Å². The standard InChI is InChI=1S/C25H25N3O4/c1-5-23(3,4)24-14-25(32)21(31)26-18-12-8-6-10-16(18)20(30)28(25)22(24)27(15(2)29)19-13-9-7-11-17(19)24/h5-13,22,32H,1,14H2,2-4H3,(H,26,31)/t22-,24+,25-/m0/s1. The number of anilines is 2. The van der Waals surface area contributed by atoms with Crippen LogP contribution < -0.4 is 10.2 Å². The number of fused-ring (bicyclic) bond motifs is 6. The van der Waals surface area contributed by atoms with Crippen molar-refractivity contribution in [2.24, 2.45) is 5.41 Å². The lowest BCUT2D eigenvalue weighted by atomic mass is 9.60. The number of nitrogens with zero attached hydrogens (tertiary/aromatic N) is 2. The largest absolute Gasteiger partial charge is 0.363 e. The highest BCUT2D eigenvalue weighted by Crippen LogP contribution is 2.64. The molecule has 1 fully saturated rings. The van der Waals surface area contributed by atoms with E-state index in [2.05, 4.69) is 11.9 Å². The molecule has 164 valence electrons. The zero-order valence-corrected chi connectivity index (χ0v) is 18.3. The smallest absolute Gasteiger partial charge is 0.277 e. The number of hydrogen-bond donors (Lipinski definition) is 2. The number of para-hydroxylation sites is 2. The summed E-state index contributed by atoms with van der Waals surface area (Å²) in [6.45, 7) is 9.37. The van der Waals surface area contributed by atoms with Gasteiger partial charge in [0.2, 0.25) is 11.6 Å². The van der Waals surface area contributed by atoms with Crippen molar-refractivity contribution in [3.05, 3.63) is 72.3 Å². The van der Waals surface area contributed by atoms with Crippen LogP contribution in [0.4, 0.5) is 11.4 Å². The number of hydrogen-bond acceptors (Lipinski definition) is 4. The van der Waals surface area contributed by atoms with E-state index in [1.165, 1.54) is 16.7 Å². The first kappa shape index (κ1) is 20.5. The van der Waals surface area contributed by atoms with Crippen molar-refractivity contribution in [2.75, 3.05) is 10.2 Å². The van der Waals surface area contributed by atoms with E-state index in [1.807, 2.05) is 38.1 Å². The molecule has 0 spiro atoms. The van der Waals surface area contributed by atoms with Crippen LogP contribution in [0.2, 0.25) is 0 Å². The lowest BCUT2D eigenvalue weighted by Gasteiger charge is -2.44. The molecule has 7 heteroatoms. The molecule has 3 heterocycles. The van der Waals surface area contributed by atoms with Crippen LogP contribution in [0, 0.1) is 5.41 Å². The van der Waals surface area contributed by atoms with Crippen LogP contribution >= 0.6 is 0 Å². The minimum atomic E-state index is -2.15. The Labute approximate surface area is 186 Å². The predicted molar refractivity (Wildman–Crippen MR) is 120 cm³/mol. The summed E-state index contributed by atoms with van der Waals surface area (Å²) >= 11 is 0. The molecule has 3 aliphatic heterocycles. The molecule has 7 nitrogen and oxygen atoms in total. The Hall–Kier alpha value is -3.45. The Morgan fingerprint density at radius 3 is 2.53 bits per heavy atom. The van der Waals surface area contributed by atoms with Gasteiger partial charge in [-0.1, -0.05) is 50.3 Å². The number of allylic oxidation sites excluding steroid dienone is 1. The molecule has 32 heavy (non-hydrogen) atoms. The van der Waals surface area contributed by atoms with Crippen LogP contribution in [0.3, 0.4) is 0 Å². The van der Waals surface area contributed by atoms with Gasteiger partial charge in [0.15, 0.2) is 0 Å². The summed E-state index contributed by atoms with van der Waals surface area (Å²) in [7, 11) is 0. The van der Waals surface area contributed by atoms with Gasteiger partial charge in [-0.15, -0.1) is 6.58 Å². The van der Waals surface area contributed by atoms with E-state index in [1.54, 1.807) is 30.3 Å². The molecule has 5 rings (SSSR count). The lowest BCUT2D eigenvalue weighted by molar-refractivity contribution is -0.148. The minimum absolute atomic E-state index is 0.0734. The van der Waals surface area contributed by atoms with Crippen LogP contribution in [0.25, 0.3) is 0 Å². The molecule has 3 amide bonds. The maximum absolute atomic E-state index is 13.9. The fraction of sp³-hybridized carbons (Fsp3) is 0.320. The zero-order chi connectivity index (χ0) is 23.1. The molecule has 0 aliphatic carbocycles. The van der Waals surface area contributed by atoms with Crippen molar-refractivity contribution in [1.82, 2.24) is 4.90 Å². The van der Waals surface area contributed by atoms with Gasteiger partial charge < -0.3 is 10.4 Å². The summed E-state index contributed by atoms with van der Waals surface area (Å²) in [5.41, 5.74) is -1.70. The topological polar surface area (TPSA) is 89.9 Å². The van der Waals surface area contributed by atoms with E-state index < -0.39 is 34.5 Å². The Kier molecular flexibility index (Phi) is 4.02. The average Bonchev–Trinajstić information content (AvgIpc) is 3.18. The second-order valence-corrected chi connectivity index (χ2v) is 9.35. The summed E-state index contributed by atoms with van der Waals surface area (Å²) in [6.07, 6.45) is 0.794. The van der Waals surface area contributed by atoms with E-state index in [0.29, 0.717) is 11.4 Å². The molecular weight excluding hydrogens is 406 g/mol. The quantitative estimate of drug-likeness (QED) is 0.716. The third-order valence-corrected chi connectivity index (χ3v) is 7.49. The van der Waals surface area contributed by atoms with Crippen molar-refractivity contribution < 1.29 is 19.5 Å². The Morgan fingerprint density at radius 2 is 1.84 bits per heavy atom. The second kappa shape index (κ2) is 6.29. The first-order valence-electron chi connectivity index (χ1n) is 10.6. The molecule has 3 atom stereocenters. The van der Waals surface area contributed by atoms with Crippen molar-refractivity contribution in [2.45, 2.75) is 44.5 Å². The molecular formula is C25H25N3O4. The summed E-state index contributed by atoms with van der Waals surface area (Å²) < 4.78 is 0. The fourth-order valence-corrected chi connectivity index (χ4v) is 5.78. The number of nitrogens with one attached hydrogen (secondary N) is 1. The van der Waals surface area contributed by atoms with Gasteiger partial charge >= 0.3 is 0 Å². The maximum atomic E-state index is 13.9. The molecule has 0 aromatic heterocycles. The summed E-state index contributed by atoms with van der Waals surface area (Å²) in [5.74, 6) is -1.48. The molecule has 1 saturated heterocycles. The van der Waals surface area contributed by atoms with Crippen LogP contribution in [0.5, 0.6) is 0 Å². The number of carbonyl (C=O) groups is 3. The number of benzene rings is 2. The van der Waals surface area contributed by atoms with Gasteiger partial charge in [0, 0.05) is 19.0 Å². The van der Waals surface area contributed by atoms with E-state index in [9.17, 15) is 19.5 Å². The summed E-state index contributed by atoms with van der Waals surface area (Å²) in [6, 6.07) is 14.1. The molecule has 3 aliphatic rings. The number of rotatable bonds is 2. The number of carbonyl (C=O) groups excluding carboxylic acids is 3. The molecule has 0 bridgehead atoms. The van der Waals surface area contributed by atoms with Crippen LogP contribution in [0.1, 0.15) is 43.1 Å². The molecule has 2 aromatic rings. The lowest BCUT2D eigenvalue weighted by Crippen LogP contribution is -2.61. The molecule has 0 unspecified atom stereocenters. The van der Waals surface area contributed by atoms with Crippen molar-refractivity contribution >= 4 is 29.1 Å². The molecule has 0 radical (unpaired) electrons. The fourth-order valence-electron chi connectivity index (χ4n) is 5.78. The Balaban J connectivity index is 1.86. The van der Waals surface area contributed by atoms with Crippen LogP contribution in [-0.4, -0.2) is 39.6 Å². The van der Waals surface area contributed by atoms with Crippen molar-refractivity contribution in [3.63, 3.8) is 0 Å². The maximum Gasteiger partial charge on any atom is 0.277 e. The third-order valence-electron chi connectivity index (χ3n) is 7.49. The Morgan fingerprint density at radius 1 is 1.19 bits per heavy atom. The SMILES string of the molecule is C=CC(C)(C)[C@@]12C[C@]3(O)C(=O)Nc4ccccc4C(=O)N3[C@@H]1N(C(C)=O)c1ccccc12. The van der Waals surface area contributed by atoms with Gasteiger partial charge in [-0.05, 0) is 29.2 Å². The van der Waals surface area contributed by atoms with Gasteiger partial charge in [-0.3, -0.25) is 24.2 Å². The van der Waals surface area contributed by atoms with Gasteiger partial charge in [0.1, 0.15) is 6.17 Å². The molecule has 0 saturated carbocycles.